The van der Waals surface area contributed by atoms with Gasteiger partial charge in [-0.25, -0.2) is 0 Å². The number of benzene rings is 1. The summed E-state index contributed by atoms with van der Waals surface area (Å²) in [5.74, 6) is -0.289. The van der Waals surface area contributed by atoms with Crippen LogP contribution in [0.15, 0.2) is 24.3 Å². The first-order chi connectivity index (χ1) is 6.59. The lowest BCUT2D eigenvalue weighted by molar-refractivity contribution is -0.110. The van der Waals surface area contributed by atoms with Crippen molar-refractivity contribution in [1.29, 1.82) is 0 Å². The number of amides is 1. The van der Waals surface area contributed by atoms with E-state index in [4.69, 9.17) is 11.6 Å². The Morgan fingerprint density at radius 1 is 1.43 bits per heavy atom. The van der Waals surface area contributed by atoms with E-state index in [1.54, 1.807) is 18.2 Å². The largest absolute Gasteiger partial charge is 0.344 e. The zero-order valence-corrected chi connectivity index (χ0v) is 8.47. The highest BCUT2D eigenvalue weighted by Gasteiger charge is 2.05. The van der Waals surface area contributed by atoms with E-state index >= 15 is 0 Å². The van der Waals surface area contributed by atoms with E-state index in [2.05, 4.69) is 5.32 Å². The SMILES string of the molecule is Cc1cccc(C(=O)NCC(=O)Cl)c1. The molecule has 0 heterocycles. The summed E-state index contributed by atoms with van der Waals surface area (Å²) in [6.07, 6.45) is 0. The highest BCUT2D eigenvalue weighted by atomic mass is 35.5. The van der Waals surface area contributed by atoms with Crippen molar-refractivity contribution < 1.29 is 9.59 Å². The molecule has 14 heavy (non-hydrogen) atoms. The molecule has 0 aliphatic heterocycles. The van der Waals surface area contributed by atoms with Crippen LogP contribution in [0.1, 0.15) is 15.9 Å². The predicted octanol–water partition coefficient (Wildman–Crippen LogP) is 1.49. The van der Waals surface area contributed by atoms with E-state index in [1.807, 2.05) is 13.0 Å². The Labute approximate surface area is 87.1 Å². The number of hydrogen-bond acceptors (Lipinski definition) is 2. The van der Waals surface area contributed by atoms with Crippen molar-refractivity contribution in [1.82, 2.24) is 5.32 Å². The van der Waals surface area contributed by atoms with Crippen LogP contribution in [0, 0.1) is 6.92 Å². The van der Waals surface area contributed by atoms with Crippen molar-refractivity contribution in [3.8, 4) is 0 Å². The Kier molecular flexibility index (Phi) is 3.65. The summed E-state index contributed by atoms with van der Waals surface area (Å²) in [6, 6.07) is 7.10. The Balaban J connectivity index is 2.65. The molecule has 0 saturated carbocycles. The zero-order chi connectivity index (χ0) is 10.6. The second-order valence-electron chi connectivity index (χ2n) is 2.91. The topological polar surface area (TPSA) is 46.2 Å². The van der Waals surface area contributed by atoms with E-state index < -0.39 is 5.24 Å². The molecule has 0 unspecified atom stereocenters. The highest BCUT2D eigenvalue weighted by molar-refractivity contribution is 6.64. The molecule has 1 amide bonds. The van der Waals surface area contributed by atoms with E-state index in [1.165, 1.54) is 0 Å². The van der Waals surface area contributed by atoms with Gasteiger partial charge in [-0.2, -0.15) is 0 Å². The van der Waals surface area contributed by atoms with Crippen LogP contribution in [0.2, 0.25) is 0 Å². The number of aryl methyl sites for hydroxylation is 1. The Bertz CT molecular complexity index is 363. The molecule has 0 atom stereocenters. The molecule has 0 radical (unpaired) electrons. The van der Waals surface area contributed by atoms with Crippen LogP contribution in [0.25, 0.3) is 0 Å². The van der Waals surface area contributed by atoms with Crippen LogP contribution in [0.3, 0.4) is 0 Å². The van der Waals surface area contributed by atoms with Gasteiger partial charge < -0.3 is 5.32 Å². The molecule has 0 bridgehead atoms. The zero-order valence-electron chi connectivity index (χ0n) is 7.71. The second kappa shape index (κ2) is 4.77. The quantitative estimate of drug-likeness (QED) is 0.770. The fraction of sp³-hybridized carbons (Fsp3) is 0.200. The van der Waals surface area contributed by atoms with Gasteiger partial charge in [-0.1, -0.05) is 17.7 Å². The van der Waals surface area contributed by atoms with Crippen LogP contribution in [-0.2, 0) is 4.79 Å². The average molecular weight is 212 g/mol. The van der Waals surface area contributed by atoms with Crippen molar-refractivity contribution in [2.75, 3.05) is 6.54 Å². The van der Waals surface area contributed by atoms with E-state index in [0.717, 1.165) is 5.56 Å². The van der Waals surface area contributed by atoms with Crippen LogP contribution in [0.5, 0.6) is 0 Å². The third-order valence-electron chi connectivity index (χ3n) is 1.67. The van der Waals surface area contributed by atoms with Crippen LogP contribution < -0.4 is 5.32 Å². The van der Waals surface area contributed by atoms with Gasteiger partial charge in [-0.05, 0) is 30.7 Å². The number of carbonyl (C=O) groups is 2. The highest BCUT2D eigenvalue weighted by Crippen LogP contribution is 2.03. The Hall–Kier alpha value is -1.35. The molecule has 0 saturated heterocycles. The van der Waals surface area contributed by atoms with Crippen molar-refractivity contribution in [3.05, 3.63) is 35.4 Å². The molecular weight excluding hydrogens is 202 g/mol. The lowest BCUT2D eigenvalue weighted by atomic mass is 10.1. The summed E-state index contributed by atoms with van der Waals surface area (Å²) in [5.41, 5.74) is 1.53. The van der Waals surface area contributed by atoms with Gasteiger partial charge >= 0.3 is 0 Å². The van der Waals surface area contributed by atoms with Crippen molar-refractivity contribution >= 4 is 22.8 Å². The standard InChI is InChI=1S/C10H10ClNO2/c1-7-3-2-4-8(5-7)10(14)12-6-9(11)13/h2-5H,6H2,1H3,(H,12,14). The van der Waals surface area contributed by atoms with E-state index in [-0.39, 0.29) is 12.5 Å². The molecule has 1 aromatic rings. The first kappa shape index (κ1) is 10.7. The number of nitrogens with one attached hydrogen (secondary N) is 1. The van der Waals surface area contributed by atoms with Gasteiger partial charge in [-0.3, -0.25) is 9.59 Å². The maximum Gasteiger partial charge on any atom is 0.251 e. The van der Waals surface area contributed by atoms with Gasteiger partial charge in [0.05, 0.1) is 6.54 Å². The predicted molar refractivity (Wildman–Crippen MR) is 54.4 cm³/mol. The summed E-state index contributed by atoms with van der Waals surface area (Å²) in [4.78, 5) is 21.8. The Morgan fingerprint density at radius 3 is 2.71 bits per heavy atom. The van der Waals surface area contributed by atoms with Crippen molar-refractivity contribution in [2.24, 2.45) is 0 Å². The van der Waals surface area contributed by atoms with Crippen LogP contribution in [0.4, 0.5) is 0 Å². The minimum absolute atomic E-state index is 0.145. The number of carbonyl (C=O) groups excluding carboxylic acids is 2. The van der Waals surface area contributed by atoms with Crippen molar-refractivity contribution in [3.63, 3.8) is 0 Å². The van der Waals surface area contributed by atoms with Gasteiger partial charge in [0.2, 0.25) is 5.24 Å². The van der Waals surface area contributed by atoms with Crippen LogP contribution >= 0.6 is 11.6 Å². The minimum Gasteiger partial charge on any atom is -0.344 e. The van der Waals surface area contributed by atoms with Gasteiger partial charge in [0.1, 0.15) is 0 Å². The molecule has 0 aromatic heterocycles. The van der Waals surface area contributed by atoms with Gasteiger partial charge in [0, 0.05) is 5.56 Å². The molecular formula is C10H10ClNO2. The first-order valence-corrected chi connectivity index (χ1v) is 4.50. The average Bonchev–Trinajstić information content (AvgIpc) is 2.14. The van der Waals surface area contributed by atoms with Gasteiger partial charge in [0.15, 0.2) is 0 Å². The van der Waals surface area contributed by atoms with E-state index in [9.17, 15) is 9.59 Å². The fourth-order valence-electron chi connectivity index (χ4n) is 1.04. The molecule has 0 spiro atoms. The normalized spacial score (nSPS) is 9.57. The molecule has 0 aliphatic carbocycles. The maximum atomic E-state index is 11.4. The molecule has 0 aliphatic rings. The lowest BCUT2D eigenvalue weighted by Gasteiger charge is -2.02. The van der Waals surface area contributed by atoms with Crippen LogP contribution in [-0.4, -0.2) is 17.7 Å². The second-order valence-corrected chi connectivity index (χ2v) is 3.33. The lowest BCUT2D eigenvalue weighted by Crippen LogP contribution is -2.27. The molecule has 1 rings (SSSR count). The molecule has 4 heteroatoms. The molecule has 1 N–H and O–H groups in total. The fourth-order valence-corrected chi connectivity index (χ4v) is 1.10. The summed E-state index contributed by atoms with van der Waals surface area (Å²) >= 11 is 5.09. The van der Waals surface area contributed by atoms with Gasteiger partial charge in [0.25, 0.3) is 5.91 Å². The Morgan fingerprint density at radius 2 is 2.14 bits per heavy atom. The number of rotatable bonds is 3. The third-order valence-corrected chi connectivity index (χ3v) is 1.80. The summed E-state index contributed by atoms with van der Waals surface area (Å²) < 4.78 is 0. The number of halogens is 1. The molecule has 3 nitrogen and oxygen atoms in total. The van der Waals surface area contributed by atoms with Crippen molar-refractivity contribution in [2.45, 2.75) is 6.92 Å². The van der Waals surface area contributed by atoms with Gasteiger partial charge in [-0.15, -0.1) is 0 Å². The maximum absolute atomic E-state index is 11.4. The summed E-state index contributed by atoms with van der Waals surface area (Å²) in [6.45, 7) is 1.75. The first-order valence-electron chi connectivity index (χ1n) is 4.13. The summed E-state index contributed by atoms with van der Waals surface area (Å²) in [7, 11) is 0. The molecule has 74 valence electrons. The summed E-state index contributed by atoms with van der Waals surface area (Å²) in [5, 5.41) is 1.83. The minimum atomic E-state index is -0.578. The number of hydrogen-bond donors (Lipinski definition) is 1. The molecule has 1 aromatic carbocycles. The molecule has 0 fully saturated rings. The van der Waals surface area contributed by atoms with E-state index in [0.29, 0.717) is 5.56 Å². The monoisotopic (exact) mass is 211 g/mol. The smallest absolute Gasteiger partial charge is 0.251 e. The third kappa shape index (κ3) is 3.18.